The quantitative estimate of drug-likeness (QED) is 0.777. The summed E-state index contributed by atoms with van der Waals surface area (Å²) in [5.41, 5.74) is 0.613. The number of hydrogen-bond acceptors (Lipinski definition) is 4. The molecule has 2 N–H and O–H groups in total. The number of carbonyl (C=O) groups is 3. The first-order chi connectivity index (χ1) is 11.2. The molecule has 1 aromatic rings. The van der Waals surface area contributed by atoms with E-state index in [2.05, 4.69) is 10.6 Å². The van der Waals surface area contributed by atoms with Gasteiger partial charge in [-0.25, -0.2) is 9.59 Å². The molecule has 2 atom stereocenters. The maximum atomic E-state index is 12.3. The Labute approximate surface area is 142 Å². The number of benzene rings is 1. The number of amides is 3. The van der Waals surface area contributed by atoms with Gasteiger partial charge < -0.3 is 20.3 Å². The van der Waals surface area contributed by atoms with E-state index < -0.39 is 24.1 Å². The Morgan fingerprint density at radius 1 is 1.04 bits per heavy atom. The molecule has 24 heavy (non-hydrogen) atoms. The lowest BCUT2D eigenvalue weighted by atomic mass is 10.0. The highest BCUT2D eigenvalue weighted by molar-refractivity contribution is 5.93. The molecule has 0 saturated carbocycles. The lowest BCUT2D eigenvalue weighted by molar-refractivity contribution is -0.160. The predicted molar refractivity (Wildman–Crippen MR) is 91.5 cm³/mol. The van der Waals surface area contributed by atoms with Crippen LogP contribution in [-0.2, 0) is 14.3 Å². The minimum atomic E-state index is -0.910. The molecular formula is C17H25N3O4. The topological polar surface area (TPSA) is 87.7 Å². The average Bonchev–Trinajstić information content (AvgIpc) is 2.52. The molecule has 3 amide bonds. The van der Waals surface area contributed by atoms with Crippen molar-refractivity contribution in [3.8, 4) is 0 Å². The molecule has 0 aliphatic heterocycles. The Hall–Kier alpha value is -2.57. The van der Waals surface area contributed by atoms with E-state index in [9.17, 15) is 14.4 Å². The van der Waals surface area contributed by atoms with Gasteiger partial charge in [0.25, 0.3) is 5.91 Å². The summed E-state index contributed by atoms with van der Waals surface area (Å²) in [6.07, 6.45) is -0.910. The van der Waals surface area contributed by atoms with Crippen LogP contribution in [0.25, 0.3) is 0 Å². The van der Waals surface area contributed by atoms with E-state index in [0.717, 1.165) is 0 Å². The van der Waals surface area contributed by atoms with Crippen molar-refractivity contribution in [3.05, 3.63) is 30.3 Å². The minimum absolute atomic E-state index is 0.194. The van der Waals surface area contributed by atoms with E-state index in [1.807, 2.05) is 6.07 Å². The van der Waals surface area contributed by atoms with E-state index in [4.69, 9.17) is 4.74 Å². The number of anilines is 1. The highest BCUT2D eigenvalue weighted by atomic mass is 16.5. The Morgan fingerprint density at radius 2 is 1.62 bits per heavy atom. The van der Waals surface area contributed by atoms with E-state index in [1.165, 1.54) is 11.8 Å². The third-order valence-corrected chi connectivity index (χ3v) is 3.32. The normalized spacial score (nSPS) is 12.9. The number of nitrogens with one attached hydrogen (secondary N) is 2. The van der Waals surface area contributed by atoms with Crippen LogP contribution in [-0.4, -0.2) is 49.0 Å². The van der Waals surface area contributed by atoms with Gasteiger partial charge in [-0.3, -0.25) is 4.79 Å². The first-order valence-electron chi connectivity index (χ1n) is 7.76. The predicted octanol–water partition coefficient (Wildman–Crippen LogP) is 1.85. The van der Waals surface area contributed by atoms with Crippen molar-refractivity contribution in [2.75, 3.05) is 19.4 Å². The van der Waals surface area contributed by atoms with Gasteiger partial charge in [0.15, 0.2) is 6.10 Å². The van der Waals surface area contributed by atoms with Crippen molar-refractivity contribution in [1.82, 2.24) is 10.2 Å². The van der Waals surface area contributed by atoms with Gasteiger partial charge >= 0.3 is 12.0 Å². The summed E-state index contributed by atoms with van der Waals surface area (Å²) in [4.78, 5) is 37.5. The summed E-state index contributed by atoms with van der Waals surface area (Å²) in [7, 11) is 3.16. The lowest BCUT2D eigenvalue weighted by Gasteiger charge is -2.24. The van der Waals surface area contributed by atoms with Crippen molar-refractivity contribution in [2.45, 2.75) is 32.9 Å². The molecule has 0 bridgehead atoms. The largest absolute Gasteiger partial charge is 0.451 e. The molecule has 7 nitrogen and oxygen atoms in total. The Morgan fingerprint density at radius 3 is 2.12 bits per heavy atom. The van der Waals surface area contributed by atoms with Crippen LogP contribution in [0.5, 0.6) is 0 Å². The number of para-hydroxylation sites is 1. The molecule has 0 aliphatic rings. The summed E-state index contributed by atoms with van der Waals surface area (Å²) in [6.45, 7) is 5.07. The monoisotopic (exact) mass is 335 g/mol. The van der Waals surface area contributed by atoms with E-state index in [1.54, 1.807) is 52.2 Å². The van der Waals surface area contributed by atoms with Crippen LogP contribution in [0.2, 0.25) is 0 Å². The molecule has 0 aromatic heterocycles. The van der Waals surface area contributed by atoms with Gasteiger partial charge in [-0.15, -0.1) is 0 Å². The summed E-state index contributed by atoms with van der Waals surface area (Å²) >= 11 is 0. The summed E-state index contributed by atoms with van der Waals surface area (Å²) in [5, 5.41) is 5.23. The third kappa shape index (κ3) is 5.91. The molecule has 1 aromatic carbocycles. The minimum Gasteiger partial charge on any atom is -0.451 e. The zero-order chi connectivity index (χ0) is 18.3. The molecule has 0 unspecified atom stereocenters. The number of rotatable bonds is 6. The molecule has 0 saturated heterocycles. The third-order valence-electron chi connectivity index (χ3n) is 3.32. The number of carbonyl (C=O) groups excluding carboxylic acids is 3. The molecule has 1 rings (SSSR count). The molecule has 0 spiro atoms. The lowest BCUT2D eigenvalue weighted by Crippen LogP contribution is -2.48. The van der Waals surface area contributed by atoms with E-state index >= 15 is 0 Å². The fourth-order valence-electron chi connectivity index (χ4n) is 1.99. The maximum absolute atomic E-state index is 12.3. The van der Waals surface area contributed by atoms with Crippen molar-refractivity contribution in [2.24, 2.45) is 5.92 Å². The van der Waals surface area contributed by atoms with Crippen LogP contribution >= 0.6 is 0 Å². The van der Waals surface area contributed by atoms with Gasteiger partial charge in [0.1, 0.15) is 6.04 Å². The molecule has 0 radical (unpaired) electrons. The van der Waals surface area contributed by atoms with Crippen molar-refractivity contribution >= 4 is 23.6 Å². The molecule has 0 aliphatic carbocycles. The smallest absolute Gasteiger partial charge is 0.329 e. The Bertz CT molecular complexity index is 572. The van der Waals surface area contributed by atoms with Gasteiger partial charge in [0.05, 0.1) is 0 Å². The van der Waals surface area contributed by atoms with Gasteiger partial charge in [0.2, 0.25) is 0 Å². The molecule has 0 heterocycles. The molecule has 132 valence electrons. The number of hydrogen-bond donors (Lipinski definition) is 2. The number of esters is 1. The van der Waals surface area contributed by atoms with Gasteiger partial charge in [-0.05, 0) is 25.0 Å². The summed E-state index contributed by atoms with van der Waals surface area (Å²) < 4.78 is 5.18. The number of nitrogens with zero attached hydrogens (tertiary/aromatic N) is 1. The van der Waals surface area contributed by atoms with Gasteiger partial charge in [-0.1, -0.05) is 32.0 Å². The van der Waals surface area contributed by atoms with E-state index in [-0.39, 0.29) is 11.8 Å². The van der Waals surface area contributed by atoms with E-state index in [0.29, 0.717) is 5.69 Å². The second-order valence-corrected chi connectivity index (χ2v) is 6.00. The SMILES string of the molecule is CC(C)[C@H](NC(=O)Nc1ccccc1)C(=O)O[C@@H](C)C(=O)N(C)C. The maximum Gasteiger partial charge on any atom is 0.329 e. The zero-order valence-corrected chi connectivity index (χ0v) is 14.7. The highest BCUT2D eigenvalue weighted by Gasteiger charge is 2.29. The first-order valence-corrected chi connectivity index (χ1v) is 7.76. The fraction of sp³-hybridized carbons (Fsp3) is 0.471. The second kappa shape index (κ2) is 8.90. The van der Waals surface area contributed by atoms with Crippen LogP contribution < -0.4 is 10.6 Å². The number of urea groups is 1. The number of likely N-dealkylation sites (N-methyl/N-ethyl adjacent to an activating group) is 1. The van der Waals surface area contributed by atoms with Crippen molar-refractivity contribution in [1.29, 1.82) is 0 Å². The van der Waals surface area contributed by atoms with Crippen molar-refractivity contribution < 1.29 is 19.1 Å². The van der Waals surface area contributed by atoms with Crippen LogP contribution in [0.15, 0.2) is 30.3 Å². The fourth-order valence-corrected chi connectivity index (χ4v) is 1.99. The molecule has 0 fully saturated rings. The second-order valence-electron chi connectivity index (χ2n) is 6.00. The van der Waals surface area contributed by atoms with Crippen LogP contribution in [0.1, 0.15) is 20.8 Å². The van der Waals surface area contributed by atoms with Gasteiger partial charge in [-0.2, -0.15) is 0 Å². The molecular weight excluding hydrogens is 310 g/mol. The van der Waals surface area contributed by atoms with Crippen LogP contribution in [0.4, 0.5) is 10.5 Å². The first kappa shape index (κ1) is 19.5. The Balaban J connectivity index is 2.67. The molecule has 7 heteroatoms. The highest BCUT2D eigenvalue weighted by Crippen LogP contribution is 2.09. The van der Waals surface area contributed by atoms with Gasteiger partial charge in [0, 0.05) is 19.8 Å². The summed E-state index contributed by atoms with van der Waals surface area (Å²) in [6, 6.07) is 7.52. The van der Waals surface area contributed by atoms with Crippen LogP contribution in [0, 0.1) is 5.92 Å². The zero-order valence-electron chi connectivity index (χ0n) is 14.7. The Kier molecular flexibility index (Phi) is 7.23. The standard InChI is InChI=1S/C17H25N3O4/c1-11(2)14(16(22)24-12(3)15(21)20(4)5)19-17(23)18-13-9-7-6-8-10-13/h6-12,14H,1-5H3,(H2,18,19,23)/t12-,14-/m0/s1. The van der Waals surface area contributed by atoms with Crippen molar-refractivity contribution in [3.63, 3.8) is 0 Å². The average molecular weight is 335 g/mol. The summed E-state index contributed by atoms with van der Waals surface area (Å²) in [5.74, 6) is -1.16. The van der Waals surface area contributed by atoms with Crippen LogP contribution in [0.3, 0.4) is 0 Å². The number of ether oxygens (including phenoxy) is 1.